The van der Waals surface area contributed by atoms with Crippen molar-refractivity contribution in [3.8, 4) is 0 Å². The molecule has 0 bridgehead atoms. The molecule has 2 saturated heterocycles. The van der Waals surface area contributed by atoms with E-state index in [1.165, 1.54) is 19.3 Å². The third-order valence-corrected chi connectivity index (χ3v) is 5.62. The zero-order valence-corrected chi connectivity index (χ0v) is 15.6. The van der Waals surface area contributed by atoms with Gasteiger partial charge in [0.15, 0.2) is 5.15 Å². The molecule has 136 valence electrons. The Morgan fingerprint density at radius 2 is 2.00 bits per heavy atom. The lowest BCUT2D eigenvalue weighted by Gasteiger charge is -2.33. The number of unbranched alkanes of at least 4 members (excludes halogenated alkanes) is 1. The van der Waals surface area contributed by atoms with Gasteiger partial charge >= 0.3 is 0 Å². The Morgan fingerprint density at radius 1 is 1.21 bits per heavy atom. The smallest absolute Gasteiger partial charge is 0.151 e. The molecule has 2 fully saturated rings. The number of aliphatic hydroxyl groups is 1. The van der Waals surface area contributed by atoms with Gasteiger partial charge in [0.1, 0.15) is 5.82 Å². The van der Waals surface area contributed by atoms with Crippen molar-refractivity contribution < 1.29 is 5.11 Å². The molecule has 0 spiro atoms. The van der Waals surface area contributed by atoms with Crippen LogP contribution in [0.3, 0.4) is 0 Å². The van der Waals surface area contributed by atoms with E-state index in [-0.39, 0.29) is 0 Å². The molecular formula is C18H31ClN4O. The van der Waals surface area contributed by atoms with E-state index in [2.05, 4.69) is 26.7 Å². The van der Waals surface area contributed by atoms with Gasteiger partial charge < -0.3 is 15.0 Å². The normalized spacial score (nSPS) is 26.3. The summed E-state index contributed by atoms with van der Waals surface area (Å²) in [4.78, 5) is 12.5. The van der Waals surface area contributed by atoms with Crippen LogP contribution >= 0.6 is 11.6 Å². The predicted molar refractivity (Wildman–Crippen MR) is 97.3 cm³/mol. The Labute approximate surface area is 150 Å². The van der Waals surface area contributed by atoms with Crippen molar-refractivity contribution in [1.82, 2.24) is 19.8 Å². The minimum atomic E-state index is -0.575. The monoisotopic (exact) mass is 354 g/mol. The first-order valence-corrected chi connectivity index (χ1v) is 9.86. The third-order valence-electron chi connectivity index (χ3n) is 5.30. The maximum atomic E-state index is 10.9. The van der Waals surface area contributed by atoms with Crippen molar-refractivity contribution >= 4 is 11.6 Å². The number of nitrogens with zero attached hydrogens (tertiary/aromatic N) is 3. The summed E-state index contributed by atoms with van der Waals surface area (Å²) in [7, 11) is 0. The first kappa shape index (κ1) is 18.2. The molecule has 2 aliphatic rings. The first-order valence-electron chi connectivity index (χ1n) is 9.48. The van der Waals surface area contributed by atoms with Crippen LogP contribution in [-0.2, 0) is 13.0 Å². The number of H-pyrrole nitrogens is 1. The number of rotatable bonds is 7. The second-order valence-corrected chi connectivity index (χ2v) is 7.94. The largest absolute Gasteiger partial charge is 0.387 e. The fourth-order valence-corrected chi connectivity index (χ4v) is 4.18. The van der Waals surface area contributed by atoms with Crippen molar-refractivity contribution in [3.63, 3.8) is 0 Å². The van der Waals surface area contributed by atoms with Crippen molar-refractivity contribution in [2.24, 2.45) is 0 Å². The van der Waals surface area contributed by atoms with E-state index < -0.39 is 5.60 Å². The number of halogens is 1. The van der Waals surface area contributed by atoms with Crippen molar-refractivity contribution in [1.29, 1.82) is 0 Å². The van der Waals surface area contributed by atoms with Gasteiger partial charge in [-0.25, -0.2) is 4.98 Å². The van der Waals surface area contributed by atoms with E-state index in [1.807, 2.05) is 0 Å². The van der Waals surface area contributed by atoms with Gasteiger partial charge in [-0.2, -0.15) is 0 Å². The highest BCUT2D eigenvalue weighted by Gasteiger charge is 2.38. The van der Waals surface area contributed by atoms with E-state index in [9.17, 15) is 5.11 Å². The molecule has 0 saturated carbocycles. The molecule has 6 heteroatoms. The molecule has 0 amide bonds. The van der Waals surface area contributed by atoms with E-state index in [1.54, 1.807) is 0 Å². The van der Waals surface area contributed by atoms with E-state index in [0.717, 1.165) is 76.5 Å². The Bertz CT molecular complexity index is 529. The number of hydrogen-bond acceptors (Lipinski definition) is 4. The van der Waals surface area contributed by atoms with Crippen LogP contribution in [0.2, 0.25) is 5.15 Å². The molecule has 0 aromatic carbocycles. The van der Waals surface area contributed by atoms with E-state index in [0.29, 0.717) is 5.15 Å². The fourth-order valence-electron chi connectivity index (χ4n) is 3.97. The number of nitrogens with one attached hydrogen (secondary N) is 1. The van der Waals surface area contributed by atoms with Gasteiger partial charge in [0.25, 0.3) is 0 Å². The quantitative estimate of drug-likeness (QED) is 0.790. The second kappa shape index (κ2) is 8.17. The van der Waals surface area contributed by atoms with Crippen LogP contribution in [0.1, 0.15) is 57.0 Å². The number of aromatic amines is 1. The van der Waals surface area contributed by atoms with Gasteiger partial charge in [0.05, 0.1) is 11.3 Å². The fraction of sp³-hybridized carbons (Fsp3) is 0.833. The van der Waals surface area contributed by atoms with Crippen LogP contribution in [0.25, 0.3) is 0 Å². The highest BCUT2D eigenvalue weighted by molar-refractivity contribution is 6.30. The molecule has 1 aromatic heterocycles. The summed E-state index contributed by atoms with van der Waals surface area (Å²) in [6.07, 6.45) is 7.95. The number of piperidine rings is 1. The van der Waals surface area contributed by atoms with Gasteiger partial charge in [0, 0.05) is 32.6 Å². The van der Waals surface area contributed by atoms with Gasteiger partial charge in [-0.3, -0.25) is 4.90 Å². The lowest BCUT2D eigenvalue weighted by Crippen LogP contribution is -2.46. The zero-order chi connectivity index (χ0) is 17.0. The minimum absolute atomic E-state index is 0.575. The number of hydrogen-bond donors (Lipinski definition) is 2. The van der Waals surface area contributed by atoms with Gasteiger partial charge in [-0.15, -0.1) is 0 Å². The summed E-state index contributed by atoms with van der Waals surface area (Å²) in [5, 5.41) is 11.5. The van der Waals surface area contributed by atoms with Crippen molar-refractivity contribution in [2.75, 3.05) is 32.7 Å². The molecule has 0 aliphatic carbocycles. The standard InChI is InChI=1S/C18H31ClN4O/c1-2-3-7-16-20-15(17(19)21-16)12-23-11-8-18(24,14-23)13-22-9-5-4-6-10-22/h24H,2-14H2,1H3,(H,20,21)/t18-/m0/s1. The lowest BCUT2D eigenvalue weighted by atomic mass is 10.0. The number of imidazole rings is 1. The van der Waals surface area contributed by atoms with Crippen LogP contribution in [0.5, 0.6) is 0 Å². The van der Waals surface area contributed by atoms with Crippen LogP contribution in [0.15, 0.2) is 0 Å². The average Bonchev–Trinajstić information content (AvgIpc) is 3.10. The zero-order valence-electron chi connectivity index (χ0n) is 14.9. The third kappa shape index (κ3) is 4.72. The van der Waals surface area contributed by atoms with Crippen molar-refractivity contribution in [2.45, 2.75) is 64.0 Å². The summed E-state index contributed by atoms with van der Waals surface area (Å²) in [5.74, 6) is 0.986. The number of likely N-dealkylation sites (tertiary alicyclic amines) is 2. The molecule has 5 nitrogen and oxygen atoms in total. The maximum Gasteiger partial charge on any atom is 0.151 e. The summed E-state index contributed by atoms with van der Waals surface area (Å²) in [6.45, 7) is 7.65. The van der Waals surface area contributed by atoms with Crippen LogP contribution in [-0.4, -0.2) is 63.2 Å². The lowest BCUT2D eigenvalue weighted by molar-refractivity contribution is 0.00628. The van der Waals surface area contributed by atoms with Gasteiger partial charge in [-0.05, 0) is 38.8 Å². The van der Waals surface area contributed by atoms with Crippen LogP contribution < -0.4 is 0 Å². The number of β-amino-alcohol motifs (C(OH)–C–C–N with tert-alkyl or cyclic N) is 1. The van der Waals surface area contributed by atoms with Crippen LogP contribution in [0, 0.1) is 0 Å². The molecule has 0 unspecified atom stereocenters. The summed E-state index contributed by atoms with van der Waals surface area (Å²) >= 11 is 6.29. The summed E-state index contributed by atoms with van der Waals surface area (Å²) in [5.41, 5.74) is 0.416. The van der Waals surface area contributed by atoms with Gasteiger partial charge in [-0.1, -0.05) is 31.4 Å². The number of aryl methyl sites for hydroxylation is 1. The second-order valence-electron chi connectivity index (χ2n) is 7.58. The van der Waals surface area contributed by atoms with Crippen LogP contribution in [0.4, 0.5) is 0 Å². The summed E-state index contributed by atoms with van der Waals surface area (Å²) < 4.78 is 0. The highest BCUT2D eigenvalue weighted by atomic mass is 35.5. The molecule has 3 heterocycles. The summed E-state index contributed by atoms with van der Waals surface area (Å²) in [6, 6.07) is 0. The molecule has 3 rings (SSSR count). The number of aromatic nitrogens is 2. The SMILES string of the molecule is CCCCc1nc(Cl)c(CN2CC[C@](O)(CN3CCCCC3)C2)[nH]1. The van der Waals surface area contributed by atoms with E-state index in [4.69, 9.17) is 11.6 Å². The Hall–Kier alpha value is -0.620. The topological polar surface area (TPSA) is 55.4 Å². The van der Waals surface area contributed by atoms with E-state index >= 15 is 0 Å². The molecule has 2 N–H and O–H groups in total. The van der Waals surface area contributed by atoms with Gasteiger partial charge in [0.2, 0.25) is 0 Å². The van der Waals surface area contributed by atoms with Crippen molar-refractivity contribution in [3.05, 3.63) is 16.7 Å². The predicted octanol–water partition coefficient (Wildman–Crippen LogP) is 2.83. The molecule has 24 heavy (non-hydrogen) atoms. The molecule has 1 atom stereocenters. The molecule has 1 aromatic rings. The Kier molecular flexibility index (Phi) is 6.19. The first-order chi connectivity index (χ1) is 11.6. The minimum Gasteiger partial charge on any atom is -0.387 e. The highest BCUT2D eigenvalue weighted by Crippen LogP contribution is 2.26. The maximum absolute atomic E-state index is 10.9. The Morgan fingerprint density at radius 3 is 2.75 bits per heavy atom. The molecule has 2 aliphatic heterocycles. The average molecular weight is 355 g/mol. The molecular weight excluding hydrogens is 324 g/mol. The Balaban J connectivity index is 1.52. The molecule has 0 radical (unpaired) electrons.